The van der Waals surface area contributed by atoms with Gasteiger partial charge in [-0.05, 0) is 42.7 Å². The summed E-state index contributed by atoms with van der Waals surface area (Å²) in [7, 11) is 1.48. The number of hydrogen-bond acceptors (Lipinski definition) is 2. The zero-order chi connectivity index (χ0) is 18.1. The molecule has 0 radical (unpaired) electrons. The van der Waals surface area contributed by atoms with Crippen LogP contribution in [0.25, 0.3) is 0 Å². The van der Waals surface area contributed by atoms with Crippen molar-refractivity contribution in [1.29, 1.82) is 0 Å². The summed E-state index contributed by atoms with van der Waals surface area (Å²) >= 11 is 0. The highest BCUT2D eigenvalue weighted by atomic mass is 19.2. The van der Waals surface area contributed by atoms with E-state index in [4.69, 9.17) is 0 Å². The molecule has 2 amide bonds. The number of nitrogens with zero attached hydrogens (tertiary/aromatic N) is 1. The van der Waals surface area contributed by atoms with E-state index in [-0.39, 0.29) is 23.4 Å². The van der Waals surface area contributed by atoms with Crippen LogP contribution in [0.5, 0.6) is 0 Å². The minimum Gasteiger partial charge on any atom is -0.326 e. The number of hydrogen-bond donors (Lipinski definition) is 1. The summed E-state index contributed by atoms with van der Waals surface area (Å²) in [5.41, 5.74) is 1.12. The molecule has 130 valence electrons. The molecule has 4 nitrogen and oxygen atoms in total. The molecule has 0 saturated heterocycles. The Balaban J connectivity index is 1.76. The molecule has 3 rings (SSSR count). The van der Waals surface area contributed by atoms with Crippen molar-refractivity contribution in [2.75, 3.05) is 17.3 Å². The highest BCUT2D eigenvalue weighted by Gasteiger charge is 2.39. The highest BCUT2D eigenvalue weighted by molar-refractivity contribution is 6.06. The van der Waals surface area contributed by atoms with Crippen molar-refractivity contribution in [3.63, 3.8) is 0 Å². The van der Waals surface area contributed by atoms with Crippen LogP contribution in [0, 0.1) is 23.5 Å². The van der Waals surface area contributed by atoms with Crippen molar-refractivity contribution in [2.24, 2.45) is 11.8 Å². The van der Waals surface area contributed by atoms with E-state index in [9.17, 15) is 18.4 Å². The molecule has 1 saturated carbocycles. The predicted octanol–water partition coefficient (Wildman–Crippen LogP) is 3.84. The van der Waals surface area contributed by atoms with E-state index in [1.807, 2.05) is 6.92 Å². The second-order valence-electron chi connectivity index (χ2n) is 6.35. The molecule has 6 heteroatoms. The van der Waals surface area contributed by atoms with Gasteiger partial charge in [0, 0.05) is 36.0 Å². The summed E-state index contributed by atoms with van der Waals surface area (Å²) in [6, 6.07) is 9.82. The maximum Gasteiger partial charge on any atom is 0.258 e. The van der Waals surface area contributed by atoms with E-state index in [0.717, 1.165) is 18.6 Å². The molecule has 0 aromatic heterocycles. The molecule has 2 aromatic carbocycles. The fourth-order valence-electron chi connectivity index (χ4n) is 2.66. The van der Waals surface area contributed by atoms with Gasteiger partial charge in [0.1, 0.15) is 0 Å². The maximum absolute atomic E-state index is 13.4. The molecule has 1 fully saturated rings. The Kier molecular flexibility index (Phi) is 4.53. The standard InChI is InChI=1S/C19H18F2N2O2/c1-11-8-15(11)18(24)22-13-5-3-4-12(9-13)19(25)23(2)14-6-7-16(20)17(21)10-14/h3-7,9-11,15H,8H2,1-2H3,(H,22,24)/t11-,15+/m0/s1. The van der Waals surface area contributed by atoms with Crippen LogP contribution in [0.2, 0.25) is 0 Å². The van der Waals surface area contributed by atoms with Crippen molar-refractivity contribution >= 4 is 23.2 Å². The van der Waals surface area contributed by atoms with Crippen LogP contribution in [0.15, 0.2) is 42.5 Å². The molecule has 25 heavy (non-hydrogen) atoms. The number of carbonyl (C=O) groups excluding carboxylic acids is 2. The van der Waals surface area contributed by atoms with E-state index < -0.39 is 11.6 Å². The third-order valence-corrected chi connectivity index (χ3v) is 4.42. The molecule has 0 unspecified atom stereocenters. The molecule has 0 bridgehead atoms. The SMILES string of the molecule is C[C@H]1C[C@H]1C(=O)Nc1cccc(C(=O)N(C)c2ccc(F)c(F)c2)c1. The topological polar surface area (TPSA) is 49.4 Å². The third kappa shape index (κ3) is 3.68. The van der Waals surface area contributed by atoms with Crippen LogP contribution < -0.4 is 10.2 Å². The first-order valence-corrected chi connectivity index (χ1v) is 8.01. The average Bonchev–Trinajstić information content (AvgIpc) is 3.33. The van der Waals surface area contributed by atoms with Gasteiger partial charge in [-0.2, -0.15) is 0 Å². The number of amides is 2. The summed E-state index contributed by atoms with van der Waals surface area (Å²) in [5, 5.41) is 2.81. The summed E-state index contributed by atoms with van der Waals surface area (Å²) in [6.45, 7) is 2.01. The number of halogens is 2. The van der Waals surface area contributed by atoms with Gasteiger partial charge in [0.15, 0.2) is 11.6 Å². The Morgan fingerprint density at radius 3 is 2.48 bits per heavy atom. The first-order valence-electron chi connectivity index (χ1n) is 8.01. The Labute approximate surface area is 144 Å². The lowest BCUT2D eigenvalue weighted by Gasteiger charge is -2.18. The van der Waals surface area contributed by atoms with Crippen molar-refractivity contribution < 1.29 is 18.4 Å². The lowest BCUT2D eigenvalue weighted by atomic mass is 10.1. The van der Waals surface area contributed by atoms with Gasteiger partial charge in [0.05, 0.1) is 0 Å². The Morgan fingerprint density at radius 2 is 1.84 bits per heavy atom. The van der Waals surface area contributed by atoms with Gasteiger partial charge in [-0.3, -0.25) is 9.59 Å². The van der Waals surface area contributed by atoms with Crippen LogP contribution in [0.1, 0.15) is 23.7 Å². The summed E-state index contributed by atoms with van der Waals surface area (Å²) < 4.78 is 26.4. The van der Waals surface area contributed by atoms with Gasteiger partial charge in [-0.25, -0.2) is 8.78 Å². The van der Waals surface area contributed by atoms with Crippen molar-refractivity contribution in [2.45, 2.75) is 13.3 Å². The molecule has 0 aliphatic heterocycles. The van der Waals surface area contributed by atoms with Crippen LogP contribution in [0.3, 0.4) is 0 Å². The smallest absolute Gasteiger partial charge is 0.258 e. The number of carbonyl (C=O) groups is 2. The summed E-state index contributed by atoms with van der Waals surface area (Å²) in [6.07, 6.45) is 0.878. The van der Waals surface area contributed by atoms with E-state index in [2.05, 4.69) is 5.32 Å². The van der Waals surface area contributed by atoms with Crippen molar-refractivity contribution in [1.82, 2.24) is 0 Å². The normalized spacial score (nSPS) is 18.6. The second kappa shape index (κ2) is 6.63. The first kappa shape index (κ1) is 17.1. The van der Waals surface area contributed by atoms with E-state index in [1.165, 1.54) is 18.0 Å². The summed E-state index contributed by atoms with van der Waals surface area (Å²) in [5.74, 6) is -2.00. The molecule has 2 atom stereocenters. The minimum absolute atomic E-state index is 0.0317. The quantitative estimate of drug-likeness (QED) is 0.916. The average molecular weight is 344 g/mol. The minimum atomic E-state index is -1.02. The molecule has 1 aliphatic rings. The highest BCUT2D eigenvalue weighted by Crippen LogP contribution is 2.38. The molecular formula is C19H18F2N2O2. The zero-order valence-corrected chi connectivity index (χ0v) is 13.9. The van der Waals surface area contributed by atoms with Crippen LogP contribution in [-0.4, -0.2) is 18.9 Å². The Hall–Kier alpha value is -2.76. The van der Waals surface area contributed by atoms with Gasteiger partial charge < -0.3 is 10.2 Å². The predicted molar refractivity (Wildman–Crippen MR) is 91.4 cm³/mol. The number of rotatable bonds is 4. The van der Waals surface area contributed by atoms with Crippen molar-refractivity contribution in [3.05, 3.63) is 59.7 Å². The molecule has 1 aliphatic carbocycles. The second-order valence-corrected chi connectivity index (χ2v) is 6.35. The first-order chi connectivity index (χ1) is 11.9. The van der Waals surface area contributed by atoms with Gasteiger partial charge in [-0.1, -0.05) is 13.0 Å². The molecular weight excluding hydrogens is 326 g/mol. The molecule has 2 aromatic rings. The zero-order valence-electron chi connectivity index (χ0n) is 13.9. The Morgan fingerprint density at radius 1 is 1.12 bits per heavy atom. The molecule has 0 spiro atoms. The number of anilines is 2. The fraction of sp³-hybridized carbons (Fsp3) is 0.263. The van der Waals surface area contributed by atoms with E-state index in [1.54, 1.807) is 24.3 Å². The van der Waals surface area contributed by atoms with Gasteiger partial charge in [0.2, 0.25) is 5.91 Å². The number of nitrogens with one attached hydrogen (secondary N) is 1. The fourth-order valence-corrected chi connectivity index (χ4v) is 2.66. The summed E-state index contributed by atoms with van der Waals surface area (Å²) in [4.78, 5) is 25.8. The third-order valence-electron chi connectivity index (χ3n) is 4.42. The van der Waals surface area contributed by atoms with Gasteiger partial charge in [-0.15, -0.1) is 0 Å². The number of benzene rings is 2. The monoisotopic (exact) mass is 344 g/mol. The van der Waals surface area contributed by atoms with Crippen LogP contribution in [-0.2, 0) is 4.79 Å². The maximum atomic E-state index is 13.4. The lowest BCUT2D eigenvalue weighted by Crippen LogP contribution is -2.26. The van der Waals surface area contributed by atoms with Crippen molar-refractivity contribution in [3.8, 4) is 0 Å². The molecule has 0 heterocycles. The van der Waals surface area contributed by atoms with Crippen LogP contribution in [0.4, 0.5) is 20.2 Å². The largest absolute Gasteiger partial charge is 0.326 e. The van der Waals surface area contributed by atoms with Gasteiger partial charge in [0.25, 0.3) is 5.91 Å². The molecule has 1 N–H and O–H groups in total. The van der Waals surface area contributed by atoms with E-state index in [0.29, 0.717) is 17.2 Å². The van der Waals surface area contributed by atoms with Crippen LogP contribution >= 0.6 is 0 Å². The van der Waals surface area contributed by atoms with E-state index >= 15 is 0 Å². The van der Waals surface area contributed by atoms with Gasteiger partial charge >= 0.3 is 0 Å². The Bertz CT molecular complexity index is 838. The lowest BCUT2D eigenvalue weighted by molar-refractivity contribution is -0.117.